The van der Waals surface area contributed by atoms with Crippen LogP contribution in [0.2, 0.25) is 0 Å². The maximum Gasteiger partial charge on any atom is 0.261 e. The molecule has 0 atom stereocenters. The average Bonchev–Trinajstić information content (AvgIpc) is 2.78. The lowest BCUT2D eigenvalue weighted by atomic mass is 10.2. The molecule has 6 nitrogen and oxygen atoms in total. The molecule has 0 saturated carbocycles. The van der Waals surface area contributed by atoms with Crippen molar-refractivity contribution in [3.05, 3.63) is 52.4 Å². The van der Waals surface area contributed by atoms with E-state index < -0.39 is 5.82 Å². The number of fused-ring (bicyclic) bond motifs is 1. The van der Waals surface area contributed by atoms with E-state index in [-0.39, 0.29) is 12.1 Å². The van der Waals surface area contributed by atoms with Crippen LogP contribution < -0.4 is 5.56 Å². The van der Waals surface area contributed by atoms with E-state index in [1.165, 1.54) is 29.1 Å². The minimum Gasteiger partial charge on any atom is -0.337 e. The van der Waals surface area contributed by atoms with Crippen molar-refractivity contribution >= 4 is 10.9 Å². The van der Waals surface area contributed by atoms with Gasteiger partial charge in [-0.05, 0) is 19.1 Å². The summed E-state index contributed by atoms with van der Waals surface area (Å²) >= 11 is 0. The summed E-state index contributed by atoms with van der Waals surface area (Å²) in [4.78, 5) is 20.2. The van der Waals surface area contributed by atoms with Crippen molar-refractivity contribution in [1.82, 2.24) is 19.7 Å². The molecule has 0 aliphatic rings. The zero-order valence-corrected chi connectivity index (χ0v) is 10.00. The molecule has 0 bridgehead atoms. The van der Waals surface area contributed by atoms with Crippen LogP contribution in [0.25, 0.3) is 10.9 Å². The second-order valence-corrected chi connectivity index (χ2v) is 4.07. The van der Waals surface area contributed by atoms with Crippen LogP contribution in [0.5, 0.6) is 0 Å². The van der Waals surface area contributed by atoms with E-state index in [1.54, 1.807) is 6.92 Å². The van der Waals surface area contributed by atoms with Gasteiger partial charge in [0.05, 0.1) is 17.2 Å². The van der Waals surface area contributed by atoms with Crippen LogP contribution in [0, 0.1) is 12.7 Å². The van der Waals surface area contributed by atoms with Gasteiger partial charge in [-0.1, -0.05) is 5.16 Å². The lowest BCUT2D eigenvalue weighted by molar-refractivity contribution is 0.366. The predicted molar refractivity (Wildman–Crippen MR) is 64.1 cm³/mol. The Kier molecular flexibility index (Phi) is 2.59. The maximum absolute atomic E-state index is 13.0. The van der Waals surface area contributed by atoms with Crippen molar-refractivity contribution in [2.75, 3.05) is 0 Å². The molecule has 3 aromatic rings. The summed E-state index contributed by atoms with van der Waals surface area (Å²) in [6.07, 6.45) is 1.34. The Morgan fingerprint density at radius 1 is 1.42 bits per heavy atom. The van der Waals surface area contributed by atoms with Gasteiger partial charge in [0.2, 0.25) is 5.89 Å². The van der Waals surface area contributed by atoms with E-state index in [0.717, 1.165) is 0 Å². The van der Waals surface area contributed by atoms with Crippen LogP contribution in [-0.4, -0.2) is 19.7 Å². The molecule has 0 radical (unpaired) electrons. The Hall–Kier alpha value is -2.57. The highest BCUT2D eigenvalue weighted by Gasteiger charge is 2.08. The fourth-order valence-electron chi connectivity index (χ4n) is 1.79. The monoisotopic (exact) mass is 260 g/mol. The van der Waals surface area contributed by atoms with Gasteiger partial charge in [-0.25, -0.2) is 9.37 Å². The number of hydrogen-bond donors (Lipinski definition) is 0. The summed E-state index contributed by atoms with van der Waals surface area (Å²) in [6.45, 7) is 1.83. The Labute approximate surface area is 106 Å². The number of rotatable bonds is 2. The highest BCUT2D eigenvalue weighted by Crippen LogP contribution is 2.09. The number of aromatic nitrogens is 4. The summed E-state index contributed by atoms with van der Waals surface area (Å²) in [5.41, 5.74) is 0.0452. The third-order valence-electron chi connectivity index (χ3n) is 2.66. The highest BCUT2D eigenvalue weighted by molar-refractivity contribution is 5.77. The molecule has 0 aliphatic carbocycles. The molecule has 0 saturated heterocycles. The van der Waals surface area contributed by atoms with Gasteiger partial charge in [0.15, 0.2) is 5.82 Å². The van der Waals surface area contributed by atoms with E-state index >= 15 is 0 Å². The lowest BCUT2D eigenvalue weighted by Crippen LogP contribution is -2.21. The third kappa shape index (κ3) is 2.10. The lowest BCUT2D eigenvalue weighted by Gasteiger charge is -2.03. The number of aryl methyl sites for hydroxylation is 1. The molecule has 0 aliphatic heterocycles. The zero-order valence-electron chi connectivity index (χ0n) is 10.00. The molecule has 0 fully saturated rings. The van der Waals surface area contributed by atoms with Crippen molar-refractivity contribution < 1.29 is 8.91 Å². The van der Waals surface area contributed by atoms with Gasteiger partial charge in [0.25, 0.3) is 5.56 Å². The molecule has 2 heterocycles. The zero-order chi connectivity index (χ0) is 13.4. The van der Waals surface area contributed by atoms with E-state index in [9.17, 15) is 9.18 Å². The van der Waals surface area contributed by atoms with Crippen LogP contribution in [0.3, 0.4) is 0 Å². The quantitative estimate of drug-likeness (QED) is 0.693. The minimum absolute atomic E-state index is 0.139. The van der Waals surface area contributed by atoms with Gasteiger partial charge < -0.3 is 4.52 Å². The summed E-state index contributed by atoms with van der Waals surface area (Å²) in [5.74, 6) is 0.395. The molecule has 1 aromatic carbocycles. The fraction of sp³-hybridized carbons (Fsp3) is 0.167. The van der Waals surface area contributed by atoms with E-state index in [2.05, 4.69) is 15.1 Å². The average molecular weight is 260 g/mol. The van der Waals surface area contributed by atoms with Gasteiger partial charge in [-0.3, -0.25) is 9.36 Å². The van der Waals surface area contributed by atoms with E-state index in [0.29, 0.717) is 22.6 Å². The van der Waals surface area contributed by atoms with Crippen LogP contribution in [-0.2, 0) is 6.54 Å². The Morgan fingerprint density at radius 3 is 3.00 bits per heavy atom. The standard InChI is InChI=1S/C12H9FN4O2/c1-7-15-11(19-16-7)5-17-6-14-10-4-8(13)2-3-9(10)12(17)18/h2-4,6H,5H2,1H3. The third-order valence-corrected chi connectivity index (χ3v) is 2.66. The van der Waals surface area contributed by atoms with Crippen molar-refractivity contribution in [3.8, 4) is 0 Å². The molecular formula is C12H9FN4O2. The van der Waals surface area contributed by atoms with Crippen molar-refractivity contribution in [1.29, 1.82) is 0 Å². The fourth-order valence-corrected chi connectivity index (χ4v) is 1.79. The summed E-state index contributed by atoms with van der Waals surface area (Å²) in [6, 6.07) is 3.86. The van der Waals surface area contributed by atoms with Gasteiger partial charge in [-0.15, -0.1) is 0 Å². The Balaban J connectivity index is 2.08. The molecule has 96 valence electrons. The van der Waals surface area contributed by atoms with Crippen LogP contribution >= 0.6 is 0 Å². The molecular weight excluding hydrogens is 251 g/mol. The molecule has 3 rings (SSSR count). The molecule has 0 amide bonds. The van der Waals surface area contributed by atoms with Crippen LogP contribution in [0.15, 0.2) is 33.8 Å². The summed E-state index contributed by atoms with van der Waals surface area (Å²) in [5, 5.41) is 3.99. The first-order chi connectivity index (χ1) is 9.13. The number of halogens is 1. The van der Waals surface area contributed by atoms with Crippen LogP contribution in [0.1, 0.15) is 11.7 Å². The van der Waals surface area contributed by atoms with Gasteiger partial charge in [-0.2, -0.15) is 4.98 Å². The Morgan fingerprint density at radius 2 is 2.26 bits per heavy atom. The molecule has 7 heteroatoms. The molecule has 0 spiro atoms. The molecule has 19 heavy (non-hydrogen) atoms. The number of benzene rings is 1. The van der Waals surface area contributed by atoms with Crippen molar-refractivity contribution in [2.45, 2.75) is 13.5 Å². The molecule has 0 unspecified atom stereocenters. The summed E-state index contributed by atoms with van der Waals surface area (Å²) in [7, 11) is 0. The van der Waals surface area contributed by atoms with Gasteiger partial charge in [0.1, 0.15) is 12.4 Å². The van der Waals surface area contributed by atoms with Gasteiger partial charge in [0, 0.05) is 6.07 Å². The second-order valence-electron chi connectivity index (χ2n) is 4.07. The first-order valence-electron chi connectivity index (χ1n) is 5.57. The first kappa shape index (κ1) is 11.5. The highest BCUT2D eigenvalue weighted by atomic mass is 19.1. The topological polar surface area (TPSA) is 73.8 Å². The van der Waals surface area contributed by atoms with Crippen molar-refractivity contribution in [2.24, 2.45) is 0 Å². The number of nitrogens with zero attached hydrogens (tertiary/aromatic N) is 4. The van der Waals surface area contributed by atoms with Crippen LogP contribution in [0.4, 0.5) is 4.39 Å². The second kappa shape index (κ2) is 4.27. The first-order valence-corrected chi connectivity index (χ1v) is 5.57. The largest absolute Gasteiger partial charge is 0.337 e. The molecule has 2 aromatic heterocycles. The van der Waals surface area contributed by atoms with Gasteiger partial charge >= 0.3 is 0 Å². The van der Waals surface area contributed by atoms with Crippen molar-refractivity contribution in [3.63, 3.8) is 0 Å². The Bertz CT molecular complexity index is 809. The minimum atomic E-state index is -0.426. The predicted octanol–water partition coefficient (Wildman–Crippen LogP) is 1.28. The molecule has 0 N–H and O–H groups in total. The summed E-state index contributed by atoms with van der Waals surface area (Å²) < 4.78 is 19.3. The van der Waals surface area contributed by atoms with E-state index in [4.69, 9.17) is 4.52 Å². The maximum atomic E-state index is 13.0. The van der Waals surface area contributed by atoms with E-state index in [1.807, 2.05) is 0 Å². The number of hydrogen-bond acceptors (Lipinski definition) is 5. The smallest absolute Gasteiger partial charge is 0.261 e. The normalized spacial score (nSPS) is 11.1. The SMILES string of the molecule is Cc1noc(Cn2cnc3cc(F)ccc3c2=O)n1.